The van der Waals surface area contributed by atoms with Crippen LogP contribution in [0, 0.1) is 0 Å². The van der Waals surface area contributed by atoms with E-state index in [1.165, 1.54) is 0 Å². The maximum absolute atomic E-state index is 9.53. The average Bonchev–Trinajstić information content (AvgIpc) is 3.08. The highest BCUT2D eigenvalue weighted by Crippen LogP contribution is 2.29. The lowest BCUT2D eigenvalue weighted by Gasteiger charge is -2.06. The lowest BCUT2D eigenvalue weighted by molar-refractivity contribution is 0.191. The van der Waals surface area contributed by atoms with Crippen molar-refractivity contribution in [1.82, 2.24) is 15.5 Å². The van der Waals surface area contributed by atoms with E-state index in [-0.39, 0.29) is 12.1 Å². The van der Waals surface area contributed by atoms with Gasteiger partial charge in [0.25, 0.3) is 0 Å². The Balaban J connectivity index is 1.86. The quantitative estimate of drug-likeness (QED) is 0.880. The summed E-state index contributed by atoms with van der Waals surface area (Å²) in [6.07, 6.45) is 0.237. The van der Waals surface area contributed by atoms with E-state index in [2.05, 4.69) is 15.5 Å². The van der Waals surface area contributed by atoms with Crippen molar-refractivity contribution in [3.05, 3.63) is 30.2 Å². The van der Waals surface area contributed by atoms with Gasteiger partial charge in [-0.2, -0.15) is 4.98 Å². The molecule has 0 spiro atoms. The van der Waals surface area contributed by atoms with Crippen LogP contribution in [0.5, 0.6) is 5.75 Å². The Kier molecular flexibility index (Phi) is 3.66. The monoisotopic (exact) mass is 275 g/mol. The highest BCUT2D eigenvalue weighted by molar-refractivity contribution is 5.63. The Morgan fingerprint density at radius 2 is 2.30 bits per heavy atom. The molecule has 1 aliphatic rings. The number of hydrogen-bond donors (Lipinski definition) is 2. The third-order valence-corrected chi connectivity index (χ3v) is 3.28. The van der Waals surface area contributed by atoms with Crippen LogP contribution in [0.25, 0.3) is 11.4 Å². The van der Waals surface area contributed by atoms with Gasteiger partial charge in [0, 0.05) is 6.54 Å². The minimum Gasteiger partial charge on any atom is -0.493 e. The molecule has 0 bridgehead atoms. The Morgan fingerprint density at radius 3 is 3.05 bits per heavy atom. The Bertz CT molecular complexity index is 585. The molecule has 2 heterocycles. The first-order valence-electron chi connectivity index (χ1n) is 6.75. The number of ether oxygens (including phenoxy) is 1. The predicted octanol–water partition coefficient (Wildman–Crippen LogP) is 1.53. The molecule has 1 unspecified atom stereocenters. The summed E-state index contributed by atoms with van der Waals surface area (Å²) in [7, 11) is 0. The average molecular weight is 275 g/mol. The van der Waals surface area contributed by atoms with E-state index in [0.29, 0.717) is 31.3 Å². The van der Waals surface area contributed by atoms with E-state index in [1.807, 2.05) is 31.2 Å². The number of nitrogens with zero attached hydrogens (tertiary/aromatic N) is 2. The first kappa shape index (κ1) is 13.1. The van der Waals surface area contributed by atoms with E-state index in [1.54, 1.807) is 0 Å². The van der Waals surface area contributed by atoms with Crippen molar-refractivity contribution < 1.29 is 14.4 Å². The summed E-state index contributed by atoms with van der Waals surface area (Å²) in [5, 5.41) is 16.7. The summed E-state index contributed by atoms with van der Waals surface area (Å²) >= 11 is 0. The van der Waals surface area contributed by atoms with Crippen molar-refractivity contribution in [2.24, 2.45) is 0 Å². The second kappa shape index (κ2) is 5.60. The van der Waals surface area contributed by atoms with Crippen LogP contribution in [0.1, 0.15) is 25.3 Å². The van der Waals surface area contributed by atoms with Crippen molar-refractivity contribution in [2.75, 3.05) is 13.2 Å². The molecule has 1 saturated heterocycles. The molecule has 6 heteroatoms. The maximum Gasteiger partial charge on any atom is 0.244 e. The predicted molar refractivity (Wildman–Crippen MR) is 72.3 cm³/mol. The van der Waals surface area contributed by atoms with Gasteiger partial charge in [-0.05, 0) is 25.5 Å². The molecule has 0 saturated carbocycles. The van der Waals surface area contributed by atoms with Crippen LogP contribution in [-0.4, -0.2) is 34.5 Å². The second-order valence-electron chi connectivity index (χ2n) is 4.74. The summed E-state index contributed by atoms with van der Waals surface area (Å²) in [5.74, 6) is 1.75. The van der Waals surface area contributed by atoms with E-state index in [0.717, 1.165) is 11.3 Å². The largest absolute Gasteiger partial charge is 0.493 e. The SMILES string of the molecule is CCOc1ccccc1-c1noc([C@@H]2CC(O)CN2)n1. The molecule has 1 aromatic carbocycles. The van der Waals surface area contributed by atoms with Gasteiger partial charge in [0.2, 0.25) is 11.7 Å². The van der Waals surface area contributed by atoms with E-state index in [4.69, 9.17) is 9.26 Å². The molecular formula is C14H17N3O3. The molecule has 2 N–H and O–H groups in total. The van der Waals surface area contributed by atoms with Crippen LogP contribution in [0.15, 0.2) is 28.8 Å². The van der Waals surface area contributed by atoms with Crippen LogP contribution >= 0.6 is 0 Å². The molecule has 1 aliphatic heterocycles. The fourth-order valence-corrected chi connectivity index (χ4v) is 2.32. The standard InChI is InChI=1S/C14H17N3O3/c1-2-19-12-6-4-3-5-10(12)13-16-14(20-17-13)11-7-9(18)8-15-11/h3-6,9,11,15,18H,2,7-8H2,1H3/t9?,11-/m0/s1. The zero-order chi connectivity index (χ0) is 13.9. The molecule has 2 atom stereocenters. The van der Waals surface area contributed by atoms with Crippen molar-refractivity contribution in [3.63, 3.8) is 0 Å². The molecule has 0 amide bonds. The number of aromatic nitrogens is 2. The van der Waals surface area contributed by atoms with E-state index >= 15 is 0 Å². The van der Waals surface area contributed by atoms with Crippen molar-refractivity contribution in [2.45, 2.75) is 25.5 Å². The molecule has 2 aromatic rings. The molecule has 1 fully saturated rings. The zero-order valence-electron chi connectivity index (χ0n) is 11.2. The van der Waals surface area contributed by atoms with E-state index < -0.39 is 0 Å². The fourth-order valence-electron chi connectivity index (χ4n) is 2.32. The molecule has 0 radical (unpaired) electrons. The lowest BCUT2D eigenvalue weighted by atomic mass is 10.2. The summed E-state index contributed by atoms with van der Waals surface area (Å²) < 4.78 is 10.9. The highest BCUT2D eigenvalue weighted by atomic mass is 16.5. The van der Waals surface area contributed by atoms with Gasteiger partial charge in [0.1, 0.15) is 5.75 Å². The van der Waals surface area contributed by atoms with Gasteiger partial charge in [-0.15, -0.1) is 0 Å². The lowest BCUT2D eigenvalue weighted by Crippen LogP contribution is -2.15. The molecule has 0 aliphatic carbocycles. The van der Waals surface area contributed by atoms with Crippen LogP contribution in [-0.2, 0) is 0 Å². The van der Waals surface area contributed by atoms with Crippen molar-refractivity contribution in [1.29, 1.82) is 0 Å². The zero-order valence-corrected chi connectivity index (χ0v) is 11.2. The van der Waals surface area contributed by atoms with Crippen LogP contribution in [0.3, 0.4) is 0 Å². The number of hydrogen-bond acceptors (Lipinski definition) is 6. The minimum atomic E-state index is -0.355. The van der Waals surface area contributed by atoms with Gasteiger partial charge in [0.15, 0.2) is 0 Å². The highest BCUT2D eigenvalue weighted by Gasteiger charge is 2.28. The molecule has 6 nitrogen and oxygen atoms in total. The van der Waals surface area contributed by atoms with Crippen LogP contribution in [0.4, 0.5) is 0 Å². The first-order chi connectivity index (χ1) is 9.78. The molecule has 106 valence electrons. The summed E-state index contributed by atoms with van der Waals surface area (Å²) in [5.41, 5.74) is 0.808. The smallest absolute Gasteiger partial charge is 0.244 e. The van der Waals surface area contributed by atoms with Gasteiger partial charge in [0.05, 0.1) is 24.3 Å². The van der Waals surface area contributed by atoms with Crippen molar-refractivity contribution >= 4 is 0 Å². The van der Waals surface area contributed by atoms with E-state index in [9.17, 15) is 5.11 Å². The fraction of sp³-hybridized carbons (Fsp3) is 0.429. The summed E-state index contributed by atoms with van der Waals surface area (Å²) in [6, 6.07) is 7.52. The normalized spacial score (nSPS) is 22.1. The number of β-amino-alcohol motifs (C(OH)–C–C–N with tert-alkyl or cyclic N) is 1. The topological polar surface area (TPSA) is 80.4 Å². The number of para-hydroxylation sites is 1. The number of benzene rings is 1. The van der Waals surface area contributed by atoms with Gasteiger partial charge < -0.3 is 19.7 Å². The summed E-state index contributed by atoms with van der Waals surface area (Å²) in [4.78, 5) is 4.41. The van der Waals surface area contributed by atoms with Gasteiger partial charge >= 0.3 is 0 Å². The third kappa shape index (κ3) is 2.52. The number of aliphatic hydroxyl groups is 1. The molecule has 3 rings (SSSR count). The summed E-state index contributed by atoms with van der Waals surface area (Å²) in [6.45, 7) is 3.07. The van der Waals surface area contributed by atoms with Crippen molar-refractivity contribution in [3.8, 4) is 17.1 Å². The number of rotatable bonds is 4. The Morgan fingerprint density at radius 1 is 1.45 bits per heavy atom. The van der Waals surface area contributed by atoms with Gasteiger partial charge in [-0.1, -0.05) is 17.3 Å². The molecule has 20 heavy (non-hydrogen) atoms. The van der Waals surface area contributed by atoms with Gasteiger partial charge in [-0.25, -0.2) is 0 Å². The number of nitrogens with one attached hydrogen (secondary N) is 1. The van der Waals surface area contributed by atoms with Gasteiger partial charge in [-0.3, -0.25) is 0 Å². The second-order valence-corrected chi connectivity index (χ2v) is 4.74. The first-order valence-corrected chi connectivity index (χ1v) is 6.75. The minimum absolute atomic E-state index is 0.0782. The maximum atomic E-state index is 9.53. The molecular weight excluding hydrogens is 258 g/mol. The van der Waals surface area contributed by atoms with Crippen LogP contribution < -0.4 is 10.1 Å². The number of aliphatic hydroxyl groups excluding tert-OH is 1. The molecule has 1 aromatic heterocycles. The third-order valence-electron chi connectivity index (χ3n) is 3.28. The van der Waals surface area contributed by atoms with Crippen LogP contribution in [0.2, 0.25) is 0 Å². The Hall–Kier alpha value is -1.92. The Labute approximate surface area is 116 Å².